The highest BCUT2D eigenvalue weighted by Gasteiger charge is 2.18. The fourth-order valence-electron chi connectivity index (χ4n) is 1.77. The number of alkyl halides is 1. The number of pyridine rings is 1. The summed E-state index contributed by atoms with van der Waals surface area (Å²) in [5.41, 5.74) is 2.35. The Labute approximate surface area is 115 Å². The third-order valence-corrected chi connectivity index (χ3v) is 4.02. The quantitative estimate of drug-likeness (QED) is 0.733. The molecule has 0 aliphatic rings. The molecule has 0 aliphatic carbocycles. The summed E-state index contributed by atoms with van der Waals surface area (Å²) in [6.07, 6.45) is 3.61. The minimum Gasteiger partial charge on any atom is -0.265 e. The molecule has 17 heavy (non-hydrogen) atoms. The lowest BCUT2D eigenvalue weighted by Gasteiger charge is -2.18. The van der Waals surface area contributed by atoms with Crippen molar-refractivity contribution in [1.82, 2.24) is 4.98 Å². The summed E-state index contributed by atoms with van der Waals surface area (Å²) in [6.45, 7) is 2.13. The molecular weight excluding hydrogens is 298 g/mol. The smallest absolute Gasteiger partial charge is 0.0651 e. The molecule has 2 unspecified atom stereocenters. The molecule has 0 radical (unpaired) electrons. The first-order chi connectivity index (χ1) is 8.18. The van der Waals surface area contributed by atoms with Gasteiger partial charge in [-0.25, -0.2) is 0 Å². The molecule has 0 bridgehead atoms. The Balaban J connectivity index is 2.20. The lowest BCUT2D eigenvalue weighted by atomic mass is 9.94. The standard InChI is InChI=1S/C14H13BrClN/c1-10(11-6-8-17-9-7-11)14(16)12-2-4-13(15)5-3-12/h2-10,14H,1H3. The molecule has 88 valence electrons. The number of hydrogen-bond donors (Lipinski definition) is 0. The summed E-state index contributed by atoms with van der Waals surface area (Å²) in [6, 6.07) is 12.2. The minimum absolute atomic E-state index is 0.0227. The first-order valence-electron chi connectivity index (χ1n) is 5.48. The van der Waals surface area contributed by atoms with Crippen LogP contribution in [0, 0.1) is 0 Å². The van der Waals surface area contributed by atoms with E-state index in [1.807, 2.05) is 24.3 Å². The van der Waals surface area contributed by atoms with E-state index in [2.05, 4.69) is 40.0 Å². The molecule has 0 aliphatic heterocycles. The van der Waals surface area contributed by atoms with Crippen LogP contribution < -0.4 is 0 Å². The largest absolute Gasteiger partial charge is 0.265 e. The van der Waals surface area contributed by atoms with E-state index < -0.39 is 0 Å². The zero-order valence-electron chi connectivity index (χ0n) is 9.48. The van der Waals surface area contributed by atoms with E-state index >= 15 is 0 Å². The topological polar surface area (TPSA) is 12.9 Å². The SMILES string of the molecule is CC(c1ccncc1)C(Cl)c1ccc(Br)cc1. The van der Waals surface area contributed by atoms with E-state index in [0.29, 0.717) is 0 Å². The molecule has 1 nitrogen and oxygen atoms in total. The molecule has 2 aromatic rings. The molecule has 0 N–H and O–H groups in total. The maximum absolute atomic E-state index is 6.51. The first-order valence-corrected chi connectivity index (χ1v) is 6.71. The number of hydrogen-bond acceptors (Lipinski definition) is 1. The van der Waals surface area contributed by atoms with Gasteiger partial charge in [0.1, 0.15) is 0 Å². The van der Waals surface area contributed by atoms with Gasteiger partial charge in [-0.1, -0.05) is 35.0 Å². The Hall–Kier alpha value is -0.860. The van der Waals surface area contributed by atoms with E-state index in [1.54, 1.807) is 12.4 Å². The van der Waals surface area contributed by atoms with Gasteiger partial charge in [-0.3, -0.25) is 4.98 Å². The minimum atomic E-state index is -0.0227. The average molecular weight is 311 g/mol. The first kappa shape index (κ1) is 12.6. The van der Waals surface area contributed by atoms with Gasteiger partial charge in [-0.2, -0.15) is 0 Å². The van der Waals surface area contributed by atoms with Gasteiger partial charge in [-0.15, -0.1) is 11.6 Å². The Morgan fingerprint density at radius 1 is 1.00 bits per heavy atom. The molecule has 1 aromatic carbocycles. The van der Waals surface area contributed by atoms with Crippen LogP contribution in [0.2, 0.25) is 0 Å². The second-order valence-electron chi connectivity index (χ2n) is 4.02. The second kappa shape index (κ2) is 5.65. The molecule has 0 saturated carbocycles. The molecule has 1 heterocycles. The normalized spacial score (nSPS) is 14.3. The molecule has 3 heteroatoms. The predicted octanol–water partition coefficient (Wildman–Crippen LogP) is 4.93. The van der Waals surface area contributed by atoms with Crippen LogP contribution in [0.1, 0.15) is 29.3 Å². The number of nitrogens with zero attached hydrogens (tertiary/aromatic N) is 1. The second-order valence-corrected chi connectivity index (χ2v) is 5.41. The van der Waals surface area contributed by atoms with Crippen LogP contribution in [-0.2, 0) is 0 Å². The highest BCUT2D eigenvalue weighted by Crippen LogP contribution is 2.36. The van der Waals surface area contributed by atoms with E-state index in [9.17, 15) is 0 Å². The maximum Gasteiger partial charge on any atom is 0.0651 e. The van der Waals surface area contributed by atoms with Crippen LogP contribution in [0.5, 0.6) is 0 Å². The third-order valence-electron chi connectivity index (χ3n) is 2.86. The highest BCUT2D eigenvalue weighted by atomic mass is 79.9. The maximum atomic E-state index is 6.51. The Morgan fingerprint density at radius 3 is 2.18 bits per heavy atom. The average Bonchev–Trinajstić information content (AvgIpc) is 2.39. The van der Waals surface area contributed by atoms with Crippen LogP contribution in [0.3, 0.4) is 0 Å². The number of rotatable bonds is 3. The molecule has 1 aromatic heterocycles. The molecule has 2 atom stereocenters. The lowest BCUT2D eigenvalue weighted by Crippen LogP contribution is -2.02. The van der Waals surface area contributed by atoms with Gasteiger partial charge in [0.15, 0.2) is 0 Å². The van der Waals surface area contributed by atoms with Crippen molar-refractivity contribution in [2.75, 3.05) is 0 Å². The van der Waals surface area contributed by atoms with Gasteiger partial charge in [0, 0.05) is 22.8 Å². The number of benzene rings is 1. The molecular formula is C14H13BrClN. The Bertz CT molecular complexity index is 469. The third kappa shape index (κ3) is 3.08. The fraction of sp³-hybridized carbons (Fsp3) is 0.214. The van der Waals surface area contributed by atoms with Crippen LogP contribution in [-0.4, -0.2) is 4.98 Å². The van der Waals surface area contributed by atoms with Crippen molar-refractivity contribution < 1.29 is 0 Å². The van der Waals surface area contributed by atoms with E-state index in [-0.39, 0.29) is 11.3 Å². The van der Waals surface area contributed by atoms with Crippen LogP contribution in [0.25, 0.3) is 0 Å². The summed E-state index contributed by atoms with van der Waals surface area (Å²) in [5.74, 6) is 0.265. The van der Waals surface area contributed by atoms with Gasteiger partial charge in [0.25, 0.3) is 0 Å². The zero-order chi connectivity index (χ0) is 12.3. The summed E-state index contributed by atoms with van der Waals surface area (Å²) in [5, 5.41) is -0.0227. The Kier molecular flexibility index (Phi) is 4.19. The fourth-order valence-corrected chi connectivity index (χ4v) is 2.33. The van der Waals surface area contributed by atoms with Crippen LogP contribution >= 0.6 is 27.5 Å². The zero-order valence-corrected chi connectivity index (χ0v) is 11.8. The van der Waals surface area contributed by atoms with Crippen molar-refractivity contribution in [3.63, 3.8) is 0 Å². The van der Waals surface area contributed by atoms with E-state index in [1.165, 1.54) is 5.56 Å². The van der Waals surface area contributed by atoms with Crippen LogP contribution in [0.4, 0.5) is 0 Å². The molecule has 0 amide bonds. The van der Waals surface area contributed by atoms with Gasteiger partial charge in [-0.05, 0) is 35.4 Å². The van der Waals surface area contributed by atoms with Crippen LogP contribution in [0.15, 0.2) is 53.3 Å². The number of aromatic nitrogens is 1. The van der Waals surface area contributed by atoms with Gasteiger partial charge >= 0.3 is 0 Å². The van der Waals surface area contributed by atoms with Crippen molar-refractivity contribution >= 4 is 27.5 Å². The van der Waals surface area contributed by atoms with Crippen molar-refractivity contribution in [2.45, 2.75) is 18.2 Å². The number of halogens is 2. The van der Waals surface area contributed by atoms with E-state index in [0.717, 1.165) is 10.0 Å². The van der Waals surface area contributed by atoms with Crippen molar-refractivity contribution in [3.8, 4) is 0 Å². The summed E-state index contributed by atoms with van der Waals surface area (Å²) in [7, 11) is 0. The molecule has 0 saturated heterocycles. The predicted molar refractivity (Wildman–Crippen MR) is 75.4 cm³/mol. The van der Waals surface area contributed by atoms with Crippen molar-refractivity contribution in [3.05, 3.63) is 64.4 Å². The van der Waals surface area contributed by atoms with Crippen molar-refractivity contribution in [1.29, 1.82) is 0 Å². The molecule has 0 fully saturated rings. The molecule has 2 rings (SSSR count). The molecule has 0 spiro atoms. The van der Waals surface area contributed by atoms with E-state index in [4.69, 9.17) is 11.6 Å². The van der Waals surface area contributed by atoms with Crippen molar-refractivity contribution in [2.24, 2.45) is 0 Å². The summed E-state index contributed by atoms with van der Waals surface area (Å²) >= 11 is 9.93. The van der Waals surface area contributed by atoms with Gasteiger partial charge in [0.05, 0.1) is 5.38 Å². The monoisotopic (exact) mass is 309 g/mol. The highest BCUT2D eigenvalue weighted by molar-refractivity contribution is 9.10. The summed E-state index contributed by atoms with van der Waals surface area (Å²) in [4.78, 5) is 4.02. The summed E-state index contributed by atoms with van der Waals surface area (Å²) < 4.78 is 1.07. The van der Waals surface area contributed by atoms with Gasteiger partial charge < -0.3 is 0 Å². The van der Waals surface area contributed by atoms with Gasteiger partial charge in [0.2, 0.25) is 0 Å². The Morgan fingerprint density at radius 2 is 1.59 bits per heavy atom. The lowest BCUT2D eigenvalue weighted by molar-refractivity contribution is 0.730.